The number of nitrogens with zero attached hydrogens (tertiary/aromatic N) is 1. The van der Waals surface area contributed by atoms with Crippen LogP contribution in [0, 0.1) is 0 Å². The van der Waals surface area contributed by atoms with Crippen LogP contribution in [-0.4, -0.2) is 6.71 Å². The van der Waals surface area contributed by atoms with E-state index in [-0.39, 0.29) is 23.0 Å². The van der Waals surface area contributed by atoms with E-state index in [9.17, 15) is 0 Å². The van der Waals surface area contributed by atoms with Crippen LogP contribution in [-0.2, 0) is 16.2 Å². The van der Waals surface area contributed by atoms with Gasteiger partial charge in [-0.05, 0) is 125 Å². The van der Waals surface area contributed by atoms with Crippen LogP contribution in [0.4, 0.5) is 17.1 Å². The highest BCUT2D eigenvalue weighted by Crippen LogP contribution is 2.60. The standard InChI is InChI=1S/C63H46BNS/c1-61(2)43-20-11-7-17-38(43)55-46(61)23-15-24-51(55)65-52-34-36(35-26-31-54-41(32-35)37-16-10-14-25-53(37)66-54)33-42-58-49(29-27-47-56(58)39-18-8-12-21-44(39)62(47,3)4)64(59(42)52)50-30-28-48-57(60(50)65)40-19-9-13-22-45(40)63(48,5)6/h7-34H,1-6H3. The molecule has 1 nitrogen and oxygen atoms in total. The van der Waals surface area contributed by atoms with E-state index in [1.54, 1.807) is 0 Å². The Kier molecular flexibility index (Phi) is 6.94. The number of fused-ring (bicyclic) bond motifs is 19. The first-order valence-electron chi connectivity index (χ1n) is 23.7. The number of hydrogen-bond acceptors (Lipinski definition) is 2. The van der Waals surface area contributed by atoms with E-state index in [4.69, 9.17) is 0 Å². The minimum Gasteiger partial charge on any atom is -0.310 e. The van der Waals surface area contributed by atoms with Crippen LogP contribution in [0.15, 0.2) is 170 Å². The van der Waals surface area contributed by atoms with Gasteiger partial charge in [-0.25, -0.2) is 0 Å². The second-order valence-corrected chi connectivity index (χ2v) is 22.2. The molecule has 10 aromatic rings. The lowest BCUT2D eigenvalue weighted by atomic mass is 9.36. The van der Waals surface area contributed by atoms with Gasteiger partial charge in [-0.2, -0.15) is 0 Å². The first-order valence-corrected chi connectivity index (χ1v) is 24.5. The molecule has 0 spiro atoms. The SMILES string of the molecule is CC1(C)c2ccccc2-c2c(N3c4cc(-c5ccc6sc7ccccc7c6c5)cc5c4B(c4ccc6c(c4-5)-c4ccccc4C6(C)C)c4ccc5c(c43)-c3ccccc3C5(C)C)cccc21. The molecule has 1 aromatic heterocycles. The second-order valence-electron chi connectivity index (χ2n) is 21.1. The third kappa shape index (κ3) is 4.39. The van der Waals surface area contributed by atoms with Crippen molar-refractivity contribution in [3.05, 3.63) is 203 Å². The molecule has 0 atom stereocenters. The van der Waals surface area contributed by atoms with Gasteiger partial charge in [0.1, 0.15) is 0 Å². The molecule has 3 heteroatoms. The smallest absolute Gasteiger partial charge is 0.248 e. The lowest BCUT2D eigenvalue weighted by Crippen LogP contribution is -2.55. The third-order valence-corrected chi connectivity index (χ3v) is 18.0. The van der Waals surface area contributed by atoms with Gasteiger partial charge < -0.3 is 4.90 Å². The fourth-order valence-electron chi connectivity index (χ4n) is 13.8. The van der Waals surface area contributed by atoms with Gasteiger partial charge in [0, 0.05) is 58.9 Å². The topological polar surface area (TPSA) is 3.24 Å². The monoisotopic (exact) mass is 859 g/mol. The van der Waals surface area contributed by atoms with E-state index in [1.165, 1.54) is 143 Å². The Labute approximate surface area is 391 Å². The summed E-state index contributed by atoms with van der Waals surface area (Å²) in [5.74, 6) is 0. The second kappa shape index (κ2) is 12.3. The molecule has 0 amide bonds. The molecule has 9 aromatic carbocycles. The molecule has 2 aliphatic heterocycles. The van der Waals surface area contributed by atoms with E-state index in [2.05, 4.69) is 216 Å². The Morgan fingerprint density at radius 3 is 1.65 bits per heavy atom. The largest absolute Gasteiger partial charge is 0.310 e. The Hall–Kier alpha value is -6.94. The third-order valence-electron chi connectivity index (χ3n) is 16.9. The number of anilines is 3. The van der Waals surface area contributed by atoms with Gasteiger partial charge in [0.15, 0.2) is 0 Å². The molecule has 0 saturated heterocycles. The lowest BCUT2D eigenvalue weighted by Gasteiger charge is -2.39. The number of benzene rings is 9. The zero-order chi connectivity index (χ0) is 44.2. The van der Waals surface area contributed by atoms with Gasteiger partial charge in [0.25, 0.3) is 0 Å². The van der Waals surface area contributed by atoms with Gasteiger partial charge in [-0.1, -0.05) is 180 Å². The molecular formula is C63H46BNS. The van der Waals surface area contributed by atoms with Crippen LogP contribution in [0.1, 0.15) is 74.9 Å². The summed E-state index contributed by atoms with van der Waals surface area (Å²) in [6.07, 6.45) is 0. The summed E-state index contributed by atoms with van der Waals surface area (Å²) in [7, 11) is 0. The van der Waals surface area contributed by atoms with Gasteiger partial charge in [0.05, 0.1) is 5.69 Å². The van der Waals surface area contributed by atoms with Crippen molar-refractivity contribution in [2.45, 2.75) is 57.8 Å². The fourth-order valence-corrected chi connectivity index (χ4v) is 14.9. The summed E-state index contributed by atoms with van der Waals surface area (Å²) in [4.78, 5) is 2.75. The highest BCUT2D eigenvalue weighted by Gasteiger charge is 2.50. The predicted octanol–water partition coefficient (Wildman–Crippen LogP) is 14.9. The Morgan fingerprint density at radius 1 is 0.379 bits per heavy atom. The van der Waals surface area contributed by atoms with E-state index in [0.29, 0.717) is 0 Å². The highest BCUT2D eigenvalue weighted by atomic mass is 32.1. The van der Waals surface area contributed by atoms with Gasteiger partial charge >= 0.3 is 0 Å². The average molecular weight is 860 g/mol. The van der Waals surface area contributed by atoms with E-state index in [1.807, 2.05) is 11.3 Å². The average Bonchev–Trinajstić information content (AvgIpc) is 4.07. The molecule has 66 heavy (non-hydrogen) atoms. The molecule has 0 saturated carbocycles. The van der Waals surface area contributed by atoms with Crippen LogP contribution in [0.2, 0.25) is 0 Å². The van der Waals surface area contributed by atoms with Crippen molar-refractivity contribution in [3.63, 3.8) is 0 Å². The van der Waals surface area contributed by atoms with Crippen LogP contribution in [0.3, 0.4) is 0 Å². The Bertz CT molecular complexity index is 3880. The molecule has 3 aliphatic carbocycles. The molecule has 0 N–H and O–H groups in total. The maximum absolute atomic E-state index is 2.75. The molecule has 0 unspecified atom stereocenters. The van der Waals surface area contributed by atoms with Crippen molar-refractivity contribution >= 4 is 71.7 Å². The normalized spacial score (nSPS) is 16.3. The van der Waals surface area contributed by atoms with Crippen LogP contribution >= 0.6 is 11.3 Å². The fraction of sp³-hybridized carbons (Fsp3) is 0.143. The zero-order valence-electron chi connectivity index (χ0n) is 38.1. The van der Waals surface area contributed by atoms with Crippen molar-refractivity contribution in [2.24, 2.45) is 0 Å². The van der Waals surface area contributed by atoms with Crippen molar-refractivity contribution in [1.82, 2.24) is 0 Å². The summed E-state index contributed by atoms with van der Waals surface area (Å²) in [5, 5.41) is 2.66. The molecule has 0 fully saturated rings. The van der Waals surface area contributed by atoms with Crippen LogP contribution in [0.5, 0.6) is 0 Å². The summed E-state index contributed by atoms with van der Waals surface area (Å²) >= 11 is 1.89. The summed E-state index contributed by atoms with van der Waals surface area (Å²) in [5.41, 5.74) is 29.6. The van der Waals surface area contributed by atoms with E-state index in [0.717, 1.165) is 0 Å². The molecular weight excluding hydrogens is 814 g/mol. The van der Waals surface area contributed by atoms with Crippen molar-refractivity contribution in [2.75, 3.05) is 4.90 Å². The van der Waals surface area contributed by atoms with Gasteiger partial charge in [-0.15, -0.1) is 11.3 Å². The summed E-state index contributed by atoms with van der Waals surface area (Å²) in [6.45, 7) is 14.6. The number of hydrogen-bond donors (Lipinski definition) is 0. The number of rotatable bonds is 2. The quantitative estimate of drug-likeness (QED) is 0.157. The molecule has 5 aliphatic rings. The molecule has 0 bridgehead atoms. The van der Waals surface area contributed by atoms with Crippen molar-refractivity contribution in [1.29, 1.82) is 0 Å². The lowest BCUT2D eigenvalue weighted by molar-refractivity contribution is 0.660. The zero-order valence-corrected chi connectivity index (χ0v) is 38.9. The Balaban J connectivity index is 1.12. The minimum atomic E-state index is -0.157. The van der Waals surface area contributed by atoms with Crippen LogP contribution < -0.4 is 21.3 Å². The molecule has 312 valence electrons. The van der Waals surface area contributed by atoms with E-state index < -0.39 is 0 Å². The van der Waals surface area contributed by atoms with Crippen LogP contribution in [0.25, 0.3) is 75.8 Å². The Morgan fingerprint density at radius 2 is 0.939 bits per heavy atom. The summed E-state index contributed by atoms with van der Waals surface area (Å²) in [6, 6.07) is 66.1. The summed E-state index contributed by atoms with van der Waals surface area (Å²) < 4.78 is 2.67. The molecule has 15 rings (SSSR count). The maximum atomic E-state index is 2.75. The first-order chi connectivity index (χ1) is 32.0. The van der Waals surface area contributed by atoms with Gasteiger partial charge in [-0.3, -0.25) is 0 Å². The maximum Gasteiger partial charge on any atom is 0.248 e. The first kappa shape index (κ1) is 37.3. The van der Waals surface area contributed by atoms with Crippen molar-refractivity contribution in [3.8, 4) is 55.6 Å². The molecule has 3 heterocycles. The van der Waals surface area contributed by atoms with Gasteiger partial charge in [0.2, 0.25) is 6.71 Å². The highest BCUT2D eigenvalue weighted by molar-refractivity contribution is 7.25. The minimum absolute atomic E-state index is 0.0661. The van der Waals surface area contributed by atoms with E-state index >= 15 is 0 Å². The van der Waals surface area contributed by atoms with Crippen molar-refractivity contribution < 1.29 is 0 Å². The molecule has 0 radical (unpaired) electrons. The predicted molar refractivity (Wildman–Crippen MR) is 282 cm³/mol. The number of thiophene rings is 1.